The molecule has 124 valence electrons. The summed E-state index contributed by atoms with van der Waals surface area (Å²) in [5.41, 5.74) is 7.19. The van der Waals surface area contributed by atoms with Crippen LogP contribution in [0, 0.1) is 0 Å². The topological polar surface area (TPSA) is 105 Å². The number of rotatable bonds is 4. The second-order valence-electron chi connectivity index (χ2n) is 5.30. The minimum Gasteiger partial charge on any atom is -0.381 e. The molecule has 8 heteroatoms. The highest BCUT2D eigenvalue weighted by molar-refractivity contribution is 6.30. The average Bonchev–Trinajstić information content (AvgIpc) is 2.90. The molecular formula is C16H16ClN5O2. The van der Waals surface area contributed by atoms with E-state index >= 15 is 0 Å². The van der Waals surface area contributed by atoms with Crippen LogP contribution in [-0.4, -0.2) is 27.0 Å². The number of nitrogens with two attached hydrogens (primary N) is 1. The molecule has 3 rings (SSSR count). The van der Waals surface area contributed by atoms with Crippen LogP contribution in [0.2, 0.25) is 5.02 Å². The van der Waals surface area contributed by atoms with E-state index in [1.54, 1.807) is 24.3 Å². The number of aromatic amines is 1. The third kappa shape index (κ3) is 2.85. The van der Waals surface area contributed by atoms with E-state index in [1.165, 1.54) is 6.07 Å². The van der Waals surface area contributed by atoms with Gasteiger partial charge in [0.25, 0.3) is 11.5 Å². The van der Waals surface area contributed by atoms with Gasteiger partial charge >= 0.3 is 0 Å². The quantitative estimate of drug-likeness (QED) is 0.673. The smallest absolute Gasteiger partial charge is 0.274 e. The Kier molecular flexibility index (Phi) is 4.26. The van der Waals surface area contributed by atoms with E-state index in [1.807, 2.05) is 6.92 Å². The molecule has 0 fully saturated rings. The van der Waals surface area contributed by atoms with Crippen molar-refractivity contribution in [2.75, 3.05) is 12.3 Å². The maximum Gasteiger partial charge on any atom is 0.274 e. The Morgan fingerprint density at radius 2 is 2.08 bits per heavy atom. The number of H-pyrrole nitrogens is 1. The fourth-order valence-electron chi connectivity index (χ4n) is 2.39. The molecule has 0 saturated carbocycles. The van der Waals surface area contributed by atoms with Crippen molar-refractivity contribution in [2.45, 2.75) is 13.3 Å². The summed E-state index contributed by atoms with van der Waals surface area (Å²) in [6.07, 6.45) is 0.789. The van der Waals surface area contributed by atoms with Gasteiger partial charge in [0.1, 0.15) is 5.56 Å². The van der Waals surface area contributed by atoms with Crippen LogP contribution in [-0.2, 0) is 0 Å². The van der Waals surface area contributed by atoms with Crippen molar-refractivity contribution in [1.82, 2.24) is 19.9 Å². The number of anilines is 1. The number of amides is 1. The molecule has 0 spiro atoms. The normalized spacial score (nSPS) is 10.9. The number of aromatic nitrogens is 3. The minimum atomic E-state index is -0.380. The third-order valence-electron chi connectivity index (χ3n) is 3.56. The summed E-state index contributed by atoms with van der Waals surface area (Å²) in [6.45, 7) is 2.46. The van der Waals surface area contributed by atoms with Crippen LogP contribution in [0.25, 0.3) is 16.9 Å². The van der Waals surface area contributed by atoms with Gasteiger partial charge in [-0.15, -0.1) is 5.10 Å². The van der Waals surface area contributed by atoms with Crippen LogP contribution in [0.5, 0.6) is 0 Å². The molecule has 0 aliphatic heterocycles. The minimum absolute atomic E-state index is 0.00482. The van der Waals surface area contributed by atoms with Crippen molar-refractivity contribution in [2.24, 2.45) is 0 Å². The average molecular weight is 346 g/mol. The second kappa shape index (κ2) is 6.37. The lowest BCUT2D eigenvalue weighted by atomic mass is 10.1. The van der Waals surface area contributed by atoms with Gasteiger partial charge in [0.05, 0.1) is 5.69 Å². The van der Waals surface area contributed by atoms with Gasteiger partial charge in [0, 0.05) is 17.6 Å². The first-order valence-electron chi connectivity index (χ1n) is 7.47. The van der Waals surface area contributed by atoms with Gasteiger partial charge in [0.2, 0.25) is 0 Å². The van der Waals surface area contributed by atoms with E-state index in [4.69, 9.17) is 17.3 Å². The highest BCUT2D eigenvalue weighted by atomic mass is 35.5. The number of nitrogen functional groups attached to an aromatic ring is 1. The van der Waals surface area contributed by atoms with Crippen molar-refractivity contribution in [1.29, 1.82) is 0 Å². The van der Waals surface area contributed by atoms with Crippen LogP contribution < -0.4 is 16.6 Å². The number of nitrogens with one attached hydrogen (secondary N) is 2. The molecule has 0 aliphatic carbocycles. The van der Waals surface area contributed by atoms with Gasteiger partial charge in [-0.1, -0.05) is 30.7 Å². The summed E-state index contributed by atoms with van der Waals surface area (Å²) in [7, 11) is 0. The Hall–Kier alpha value is -2.80. The van der Waals surface area contributed by atoms with Gasteiger partial charge < -0.3 is 16.0 Å². The van der Waals surface area contributed by atoms with E-state index in [9.17, 15) is 9.59 Å². The zero-order valence-electron chi connectivity index (χ0n) is 13.0. The van der Waals surface area contributed by atoms with Crippen molar-refractivity contribution < 1.29 is 4.79 Å². The summed E-state index contributed by atoms with van der Waals surface area (Å²) in [5, 5.41) is 7.29. The first-order valence-corrected chi connectivity index (χ1v) is 7.84. The van der Waals surface area contributed by atoms with Gasteiger partial charge in [-0.05, 0) is 24.1 Å². The predicted molar refractivity (Wildman–Crippen MR) is 93.3 cm³/mol. The lowest BCUT2D eigenvalue weighted by Crippen LogP contribution is -2.25. The van der Waals surface area contributed by atoms with E-state index in [0.29, 0.717) is 17.3 Å². The maximum atomic E-state index is 12.3. The van der Waals surface area contributed by atoms with Crippen molar-refractivity contribution in [3.63, 3.8) is 0 Å². The number of halogens is 1. The van der Waals surface area contributed by atoms with Crippen molar-refractivity contribution >= 4 is 29.0 Å². The number of hydrogen-bond acceptors (Lipinski definition) is 4. The molecule has 0 saturated heterocycles. The van der Waals surface area contributed by atoms with Crippen LogP contribution in [0.4, 0.5) is 5.82 Å². The first kappa shape index (κ1) is 16.1. The maximum absolute atomic E-state index is 12.3. The lowest BCUT2D eigenvalue weighted by molar-refractivity contribution is 0.0956. The molecule has 0 atom stereocenters. The Bertz CT molecular complexity index is 959. The number of nitrogens with zero attached hydrogens (tertiary/aromatic N) is 2. The monoisotopic (exact) mass is 345 g/mol. The second-order valence-corrected chi connectivity index (χ2v) is 5.74. The molecular weight excluding hydrogens is 330 g/mol. The summed E-state index contributed by atoms with van der Waals surface area (Å²) < 4.78 is 1.09. The molecule has 2 aromatic heterocycles. The Morgan fingerprint density at radius 3 is 2.75 bits per heavy atom. The van der Waals surface area contributed by atoms with E-state index < -0.39 is 0 Å². The van der Waals surface area contributed by atoms with E-state index in [-0.39, 0.29) is 28.5 Å². The molecule has 0 radical (unpaired) electrons. The molecule has 24 heavy (non-hydrogen) atoms. The number of hydrogen-bond donors (Lipinski definition) is 3. The molecule has 1 aromatic carbocycles. The Labute approximate surface area is 142 Å². The molecule has 1 amide bonds. The molecule has 0 unspecified atom stereocenters. The largest absolute Gasteiger partial charge is 0.381 e. The Morgan fingerprint density at radius 1 is 1.38 bits per heavy atom. The fourth-order valence-corrected chi connectivity index (χ4v) is 2.52. The van der Waals surface area contributed by atoms with E-state index in [2.05, 4.69) is 15.4 Å². The highest BCUT2D eigenvalue weighted by Gasteiger charge is 2.20. The Balaban J connectivity index is 2.17. The first-order chi connectivity index (χ1) is 11.5. The number of benzene rings is 1. The fraction of sp³-hybridized carbons (Fsp3) is 0.188. The van der Waals surface area contributed by atoms with Crippen LogP contribution in [0.15, 0.2) is 35.1 Å². The van der Waals surface area contributed by atoms with Gasteiger partial charge in [-0.3, -0.25) is 9.59 Å². The zero-order chi connectivity index (χ0) is 17.3. The van der Waals surface area contributed by atoms with Gasteiger partial charge in [-0.2, -0.15) is 4.52 Å². The summed E-state index contributed by atoms with van der Waals surface area (Å²) in [6, 6.07) is 8.40. The van der Waals surface area contributed by atoms with Crippen molar-refractivity contribution in [3.8, 4) is 11.3 Å². The third-order valence-corrected chi connectivity index (χ3v) is 3.81. The molecule has 2 heterocycles. The van der Waals surface area contributed by atoms with Crippen LogP contribution in [0.1, 0.15) is 23.7 Å². The zero-order valence-corrected chi connectivity index (χ0v) is 13.7. The summed E-state index contributed by atoms with van der Waals surface area (Å²) >= 11 is 5.89. The number of carbonyl (C=O) groups is 1. The molecule has 7 nitrogen and oxygen atoms in total. The number of carbonyl (C=O) groups excluding carboxylic acids is 1. The summed E-state index contributed by atoms with van der Waals surface area (Å²) in [5.74, 6) is -0.363. The summed E-state index contributed by atoms with van der Waals surface area (Å²) in [4.78, 5) is 27.7. The van der Waals surface area contributed by atoms with E-state index in [0.717, 1.165) is 16.5 Å². The SMILES string of the molecule is CCCNC(=O)c1c(N)nn2c(=O)cc(-c3ccc(Cl)cc3)[nH]c12. The predicted octanol–water partition coefficient (Wildman–Crippen LogP) is 2.06. The standard InChI is InChI=1S/C16H16ClN5O2/c1-2-7-19-16(24)13-14(18)21-22-12(23)8-11(20-15(13)22)9-3-5-10(17)6-4-9/h3-6,8,20H,2,7H2,1H3,(H2,18,21)(H,19,24). The molecule has 0 aliphatic rings. The van der Waals surface area contributed by atoms with Gasteiger partial charge in [0.15, 0.2) is 11.5 Å². The van der Waals surface area contributed by atoms with Crippen molar-refractivity contribution in [3.05, 3.63) is 51.3 Å². The van der Waals surface area contributed by atoms with Crippen LogP contribution in [0.3, 0.4) is 0 Å². The molecule has 4 N–H and O–H groups in total. The number of fused-ring (bicyclic) bond motifs is 1. The van der Waals surface area contributed by atoms with Crippen LogP contribution >= 0.6 is 11.6 Å². The van der Waals surface area contributed by atoms with Gasteiger partial charge in [-0.25, -0.2) is 0 Å². The molecule has 0 bridgehead atoms. The lowest BCUT2D eigenvalue weighted by Gasteiger charge is -2.05. The highest BCUT2D eigenvalue weighted by Crippen LogP contribution is 2.21. The molecule has 3 aromatic rings.